The molecule has 0 spiro atoms. The summed E-state index contributed by atoms with van der Waals surface area (Å²) in [7, 11) is 0. The monoisotopic (exact) mass is 338 g/mol. The summed E-state index contributed by atoms with van der Waals surface area (Å²) in [6, 6.07) is 13.2. The van der Waals surface area contributed by atoms with Crippen LogP contribution in [-0.2, 0) is 6.42 Å². The zero-order valence-electron chi connectivity index (χ0n) is 15.0. The lowest BCUT2D eigenvalue weighted by Gasteiger charge is -2.38. The molecule has 1 fully saturated rings. The molecule has 4 nitrogen and oxygen atoms in total. The maximum Gasteiger partial charge on any atom is 0.231 e. The molecule has 132 valence electrons. The highest BCUT2D eigenvalue weighted by Crippen LogP contribution is 2.36. The molecule has 2 N–H and O–H groups in total. The molecule has 0 bridgehead atoms. The van der Waals surface area contributed by atoms with Crippen LogP contribution < -0.4 is 20.1 Å². The number of benzene rings is 2. The number of fused-ring (bicyclic) bond motifs is 1. The van der Waals surface area contributed by atoms with E-state index in [1.165, 1.54) is 22.4 Å². The van der Waals surface area contributed by atoms with Gasteiger partial charge in [0, 0.05) is 30.9 Å². The third-order valence-electron chi connectivity index (χ3n) is 5.39. The van der Waals surface area contributed by atoms with Crippen molar-refractivity contribution in [1.29, 1.82) is 0 Å². The van der Waals surface area contributed by atoms with Gasteiger partial charge >= 0.3 is 0 Å². The fourth-order valence-electron chi connectivity index (χ4n) is 3.95. The van der Waals surface area contributed by atoms with Crippen LogP contribution in [-0.4, -0.2) is 25.9 Å². The zero-order chi connectivity index (χ0) is 17.4. The highest BCUT2D eigenvalue weighted by atomic mass is 16.7. The smallest absolute Gasteiger partial charge is 0.231 e. The molecule has 2 aliphatic rings. The minimum atomic E-state index is 0.204. The number of piperidine rings is 1. The van der Waals surface area contributed by atoms with Gasteiger partial charge in [0.25, 0.3) is 0 Å². The third kappa shape index (κ3) is 3.45. The van der Waals surface area contributed by atoms with Crippen molar-refractivity contribution < 1.29 is 9.47 Å². The summed E-state index contributed by atoms with van der Waals surface area (Å²) in [5, 5.41) is 0. The van der Waals surface area contributed by atoms with Gasteiger partial charge in [-0.3, -0.25) is 0 Å². The molecule has 4 rings (SSSR count). The van der Waals surface area contributed by atoms with Gasteiger partial charge in [0.2, 0.25) is 6.79 Å². The standard InChI is InChI=1S/C21H26N2O2/c1-14-3-4-16(7-15(14)2)8-17-9-18(22)12-23(11-17)19-5-6-20-21(10-19)25-13-24-20/h3-7,10,17-18H,8-9,11-13,22H2,1-2H3. The van der Waals surface area contributed by atoms with Crippen LogP contribution in [0.2, 0.25) is 0 Å². The van der Waals surface area contributed by atoms with Crippen LogP contribution in [0.5, 0.6) is 11.5 Å². The maximum absolute atomic E-state index is 6.38. The molecule has 0 aliphatic carbocycles. The molecule has 2 atom stereocenters. The van der Waals surface area contributed by atoms with E-state index in [0.717, 1.165) is 37.4 Å². The van der Waals surface area contributed by atoms with Crippen LogP contribution in [0.25, 0.3) is 0 Å². The molecule has 2 heterocycles. The summed E-state index contributed by atoms with van der Waals surface area (Å²) in [6.07, 6.45) is 2.16. The minimum absolute atomic E-state index is 0.204. The Hall–Kier alpha value is -2.20. The van der Waals surface area contributed by atoms with Crippen molar-refractivity contribution in [1.82, 2.24) is 0 Å². The fourth-order valence-corrected chi connectivity index (χ4v) is 3.95. The van der Waals surface area contributed by atoms with Gasteiger partial charge in [0.15, 0.2) is 11.5 Å². The predicted molar refractivity (Wildman–Crippen MR) is 100 cm³/mol. The van der Waals surface area contributed by atoms with E-state index in [1.807, 2.05) is 6.07 Å². The Bertz CT molecular complexity index is 774. The number of aryl methyl sites for hydroxylation is 2. The highest BCUT2D eigenvalue weighted by molar-refractivity contribution is 5.57. The highest BCUT2D eigenvalue weighted by Gasteiger charge is 2.26. The average molecular weight is 338 g/mol. The lowest BCUT2D eigenvalue weighted by atomic mass is 9.88. The van der Waals surface area contributed by atoms with E-state index in [9.17, 15) is 0 Å². The number of ether oxygens (including phenoxy) is 2. The lowest BCUT2D eigenvalue weighted by Crippen LogP contribution is -2.47. The first-order valence-electron chi connectivity index (χ1n) is 9.05. The quantitative estimate of drug-likeness (QED) is 0.931. The first-order chi connectivity index (χ1) is 12.1. The number of nitrogens with zero attached hydrogens (tertiary/aromatic N) is 1. The molecular weight excluding hydrogens is 312 g/mol. The molecule has 2 unspecified atom stereocenters. The van der Waals surface area contributed by atoms with Crippen molar-refractivity contribution in [3.8, 4) is 11.5 Å². The molecule has 4 heteroatoms. The minimum Gasteiger partial charge on any atom is -0.454 e. The fraction of sp³-hybridized carbons (Fsp3) is 0.429. The number of rotatable bonds is 3. The largest absolute Gasteiger partial charge is 0.454 e. The van der Waals surface area contributed by atoms with E-state index in [1.54, 1.807) is 0 Å². The summed E-state index contributed by atoms with van der Waals surface area (Å²) in [4.78, 5) is 2.39. The van der Waals surface area contributed by atoms with Gasteiger partial charge in [0.05, 0.1) is 0 Å². The topological polar surface area (TPSA) is 47.7 Å². The van der Waals surface area contributed by atoms with Crippen LogP contribution >= 0.6 is 0 Å². The van der Waals surface area contributed by atoms with Crippen molar-refractivity contribution >= 4 is 5.69 Å². The Balaban J connectivity index is 1.50. The summed E-state index contributed by atoms with van der Waals surface area (Å²) in [5.41, 5.74) is 11.7. The van der Waals surface area contributed by atoms with Crippen LogP contribution in [0.3, 0.4) is 0 Å². The van der Waals surface area contributed by atoms with Crippen LogP contribution in [0, 0.1) is 19.8 Å². The summed E-state index contributed by atoms with van der Waals surface area (Å²) in [6.45, 7) is 6.58. The van der Waals surface area contributed by atoms with Gasteiger partial charge < -0.3 is 20.1 Å². The first kappa shape index (κ1) is 16.3. The molecule has 0 radical (unpaired) electrons. The summed E-state index contributed by atoms with van der Waals surface area (Å²) >= 11 is 0. The Labute approximate surface area is 149 Å². The third-order valence-corrected chi connectivity index (χ3v) is 5.39. The molecule has 1 saturated heterocycles. The molecule has 2 aromatic carbocycles. The second kappa shape index (κ2) is 6.60. The Kier molecular flexibility index (Phi) is 4.30. The van der Waals surface area contributed by atoms with E-state index in [2.05, 4.69) is 49.1 Å². The molecule has 2 aromatic rings. The molecule has 2 aliphatic heterocycles. The number of anilines is 1. The second-order valence-corrected chi connectivity index (χ2v) is 7.43. The van der Waals surface area contributed by atoms with Crippen LogP contribution in [0.1, 0.15) is 23.1 Å². The van der Waals surface area contributed by atoms with Gasteiger partial charge in [-0.2, -0.15) is 0 Å². The van der Waals surface area contributed by atoms with E-state index in [-0.39, 0.29) is 6.04 Å². The number of hydrogen-bond donors (Lipinski definition) is 1. The Morgan fingerprint density at radius 2 is 1.84 bits per heavy atom. The van der Waals surface area contributed by atoms with Crippen molar-refractivity contribution in [3.63, 3.8) is 0 Å². The van der Waals surface area contributed by atoms with E-state index in [0.29, 0.717) is 12.7 Å². The van der Waals surface area contributed by atoms with Crippen LogP contribution in [0.4, 0.5) is 5.69 Å². The van der Waals surface area contributed by atoms with Gasteiger partial charge in [-0.1, -0.05) is 18.2 Å². The Morgan fingerprint density at radius 3 is 2.68 bits per heavy atom. The SMILES string of the molecule is Cc1ccc(CC2CC(N)CN(c3ccc4c(c3)OCO4)C2)cc1C. The Morgan fingerprint density at radius 1 is 1.00 bits per heavy atom. The number of nitrogens with two attached hydrogens (primary N) is 1. The lowest BCUT2D eigenvalue weighted by molar-refractivity contribution is 0.174. The molecular formula is C21H26N2O2. The van der Waals surface area contributed by atoms with Crippen molar-refractivity contribution in [2.75, 3.05) is 24.8 Å². The second-order valence-electron chi connectivity index (χ2n) is 7.43. The predicted octanol–water partition coefficient (Wildman–Crippen LogP) is 3.43. The van der Waals surface area contributed by atoms with E-state index >= 15 is 0 Å². The molecule has 0 saturated carbocycles. The number of hydrogen-bond acceptors (Lipinski definition) is 4. The van der Waals surface area contributed by atoms with Gasteiger partial charge in [-0.05, 0) is 61.4 Å². The molecule has 0 amide bonds. The van der Waals surface area contributed by atoms with Crippen molar-refractivity contribution in [2.24, 2.45) is 11.7 Å². The van der Waals surface area contributed by atoms with E-state index < -0.39 is 0 Å². The normalized spacial score (nSPS) is 22.3. The maximum atomic E-state index is 6.38. The van der Waals surface area contributed by atoms with Crippen molar-refractivity contribution in [3.05, 3.63) is 53.1 Å². The van der Waals surface area contributed by atoms with Gasteiger partial charge in [-0.15, -0.1) is 0 Å². The van der Waals surface area contributed by atoms with Crippen molar-refractivity contribution in [2.45, 2.75) is 32.7 Å². The molecule has 25 heavy (non-hydrogen) atoms. The summed E-state index contributed by atoms with van der Waals surface area (Å²) in [5.74, 6) is 2.23. The van der Waals surface area contributed by atoms with Gasteiger partial charge in [-0.25, -0.2) is 0 Å². The summed E-state index contributed by atoms with van der Waals surface area (Å²) < 4.78 is 10.9. The zero-order valence-corrected chi connectivity index (χ0v) is 15.0. The first-order valence-corrected chi connectivity index (χ1v) is 9.05. The average Bonchev–Trinajstić information content (AvgIpc) is 3.05. The van der Waals surface area contributed by atoms with Gasteiger partial charge in [0.1, 0.15) is 0 Å². The van der Waals surface area contributed by atoms with E-state index in [4.69, 9.17) is 15.2 Å². The van der Waals surface area contributed by atoms with Crippen LogP contribution in [0.15, 0.2) is 36.4 Å². The molecule has 0 aromatic heterocycles.